The van der Waals surface area contributed by atoms with Gasteiger partial charge in [0.2, 0.25) is 0 Å². The first-order valence-electron chi connectivity index (χ1n) is 9.42. The first-order chi connectivity index (χ1) is 13.6. The minimum Gasteiger partial charge on any atom is -0.497 e. The Balaban J connectivity index is 0.00000300. The molecular formula is C21H27ClN2O4S. The molecule has 2 heterocycles. The number of hydrogen-bond donors (Lipinski definition) is 1. The maximum absolute atomic E-state index is 11.2. The van der Waals surface area contributed by atoms with Crippen molar-refractivity contribution in [1.29, 1.82) is 0 Å². The zero-order valence-corrected chi connectivity index (χ0v) is 18.3. The third kappa shape index (κ3) is 6.19. The van der Waals surface area contributed by atoms with Crippen LogP contribution in [0.2, 0.25) is 0 Å². The fraction of sp³-hybridized carbons (Fsp3) is 0.429. The van der Waals surface area contributed by atoms with Crippen molar-refractivity contribution < 1.29 is 19.5 Å². The minimum atomic E-state index is -0.711. The highest BCUT2D eigenvalue weighted by Gasteiger charge is 2.25. The first kappa shape index (κ1) is 23.2. The topological polar surface area (TPSA) is 71.4 Å². The summed E-state index contributed by atoms with van der Waals surface area (Å²) >= 11 is 1.63. The smallest absolute Gasteiger partial charge is 0.307 e. The van der Waals surface area contributed by atoms with Gasteiger partial charge in [0, 0.05) is 18.7 Å². The van der Waals surface area contributed by atoms with Crippen LogP contribution in [0.3, 0.4) is 0 Å². The largest absolute Gasteiger partial charge is 0.497 e. The van der Waals surface area contributed by atoms with Gasteiger partial charge in [0.25, 0.3) is 0 Å². The van der Waals surface area contributed by atoms with E-state index in [0.717, 1.165) is 46.9 Å². The standard InChI is InChI=1S/C21H26N2O4S.ClH/c1-15-8-12-28-20(15)19(16-5-3-7-18(13-16)26-2)22-27-11-10-23-9-4-6-17(14-23)21(24)25;/h3,5,7-8,12-13,17H,4,6,9-11,14H2,1-2H3,(H,24,25);1H/b22-19+;/t17-;/m1./s1. The minimum absolute atomic E-state index is 0. The fourth-order valence-electron chi connectivity index (χ4n) is 3.35. The Labute approximate surface area is 181 Å². The number of piperidine rings is 1. The van der Waals surface area contributed by atoms with Crippen molar-refractivity contribution in [1.82, 2.24) is 4.90 Å². The second kappa shape index (κ2) is 11.2. The molecule has 1 fully saturated rings. The van der Waals surface area contributed by atoms with Crippen LogP contribution in [0.5, 0.6) is 5.75 Å². The van der Waals surface area contributed by atoms with E-state index in [1.165, 1.54) is 0 Å². The average Bonchev–Trinajstić information content (AvgIpc) is 3.14. The average molecular weight is 439 g/mol. The highest BCUT2D eigenvalue weighted by Crippen LogP contribution is 2.23. The lowest BCUT2D eigenvalue weighted by Crippen LogP contribution is -2.40. The second-order valence-corrected chi connectivity index (χ2v) is 7.83. The number of methoxy groups -OCH3 is 1. The van der Waals surface area contributed by atoms with Crippen molar-refractivity contribution in [2.24, 2.45) is 11.1 Å². The van der Waals surface area contributed by atoms with Gasteiger partial charge in [-0.3, -0.25) is 9.69 Å². The summed E-state index contributed by atoms with van der Waals surface area (Å²) in [4.78, 5) is 20.1. The fourth-order valence-corrected chi connectivity index (χ4v) is 4.28. The van der Waals surface area contributed by atoms with Crippen LogP contribution in [0.25, 0.3) is 0 Å². The van der Waals surface area contributed by atoms with Gasteiger partial charge in [-0.25, -0.2) is 0 Å². The first-order valence-corrected chi connectivity index (χ1v) is 10.3. The van der Waals surface area contributed by atoms with E-state index in [4.69, 9.17) is 9.57 Å². The van der Waals surface area contributed by atoms with Gasteiger partial charge >= 0.3 is 5.97 Å². The summed E-state index contributed by atoms with van der Waals surface area (Å²) in [5.74, 6) is -0.220. The van der Waals surface area contributed by atoms with Crippen molar-refractivity contribution in [2.45, 2.75) is 19.8 Å². The van der Waals surface area contributed by atoms with Crippen LogP contribution in [-0.2, 0) is 9.63 Å². The molecule has 0 amide bonds. The van der Waals surface area contributed by atoms with Gasteiger partial charge in [-0.2, -0.15) is 0 Å². The zero-order valence-electron chi connectivity index (χ0n) is 16.7. The van der Waals surface area contributed by atoms with Crippen molar-refractivity contribution in [3.63, 3.8) is 0 Å². The van der Waals surface area contributed by atoms with E-state index in [2.05, 4.69) is 23.0 Å². The Morgan fingerprint density at radius 2 is 2.21 bits per heavy atom. The van der Waals surface area contributed by atoms with Crippen molar-refractivity contribution >= 4 is 35.4 Å². The van der Waals surface area contributed by atoms with Crippen LogP contribution in [0.1, 0.15) is 28.8 Å². The summed E-state index contributed by atoms with van der Waals surface area (Å²) in [6, 6.07) is 9.84. The Kier molecular flexibility index (Phi) is 8.95. The molecule has 0 bridgehead atoms. The van der Waals surface area contributed by atoms with Crippen LogP contribution in [0.15, 0.2) is 40.9 Å². The SMILES string of the molecule is COc1cccc(/C(=N\OCCN2CCC[C@@H](C(=O)O)C2)c2sccc2C)c1.Cl. The molecule has 1 aromatic heterocycles. The van der Waals surface area contributed by atoms with Crippen LogP contribution in [-0.4, -0.2) is 55.0 Å². The van der Waals surface area contributed by atoms with Crippen LogP contribution in [0, 0.1) is 12.8 Å². The maximum atomic E-state index is 11.2. The molecule has 1 aliphatic rings. The van der Waals surface area contributed by atoms with Gasteiger partial charge in [-0.1, -0.05) is 17.3 Å². The molecule has 1 saturated heterocycles. The Morgan fingerprint density at radius 1 is 1.38 bits per heavy atom. The number of carboxylic acid groups (broad SMARTS) is 1. The van der Waals surface area contributed by atoms with Gasteiger partial charge in [-0.05, 0) is 55.5 Å². The molecule has 1 N–H and O–H groups in total. The van der Waals surface area contributed by atoms with Gasteiger partial charge in [0.05, 0.1) is 17.9 Å². The molecule has 6 nitrogen and oxygen atoms in total. The van der Waals surface area contributed by atoms with Crippen LogP contribution < -0.4 is 4.74 Å². The third-order valence-corrected chi connectivity index (χ3v) is 5.95. The van der Waals surface area contributed by atoms with Crippen LogP contribution >= 0.6 is 23.7 Å². The van der Waals surface area contributed by atoms with Gasteiger partial charge in [0.15, 0.2) is 0 Å². The number of hydrogen-bond acceptors (Lipinski definition) is 6. The molecule has 29 heavy (non-hydrogen) atoms. The third-order valence-electron chi connectivity index (χ3n) is 4.93. The molecule has 1 aromatic carbocycles. The number of oxime groups is 1. The van der Waals surface area contributed by atoms with E-state index < -0.39 is 5.97 Å². The number of benzene rings is 1. The number of carbonyl (C=O) groups is 1. The number of thiophene rings is 1. The molecule has 0 aliphatic carbocycles. The normalized spacial score (nSPS) is 17.4. The Bertz CT molecular complexity index is 840. The monoisotopic (exact) mass is 438 g/mol. The number of rotatable bonds is 8. The van der Waals surface area contributed by atoms with Gasteiger partial charge in [0.1, 0.15) is 18.1 Å². The highest BCUT2D eigenvalue weighted by atomic mass is 35.5. The summed E-state index contributed by atoms with van der Waals surface area (Å²) < 4.78 is 5.34. The number of aryl methyl sites for hydroxylation is 1. The summed E-state index contributed by atoms with van der Waals surface area (Å²) in [7, 11) is 1.64. The number of halogens is 1. The number of carboxylic acids is 1. The van der Waals surface area contributed by atoms with E-state index in [-0.39, 0.29) is 18.3 Å². The molecule has 2 aromatic rings. The molecule has 3 rings (SSSR count). The van der Waals surface area contributed by atoms with E-state index in [1.54, 1.807) is 18.4 Å². The van der Waals surface area contributed by atoms with E-state index in [1.807, 2.05) is 29.6 Å². The molecule has 0 radical (unpaired) electrons. The quantitative estimate of drug-likeness (QED) is 0.382. The summed E-state index contributed by atoms with van der Waals surface area (Å²) in [6.45, 7) is 4.63. The summed E-state index contributed by atoms with van der Waals surface area (Å²) in [5, 5.41) is 15.7. The van der Waals surface area contributed by atoms with Crippen molar-refractivity contribution in [2.75, 3.05) is 33.4 Å². The molecular weight excluding hydrogens is 412 g/mol. The van der Waals surface area contributed by atoms with Crippen molar-refractivity contribution in [3.8, 4) is 5.75 Å². The Hall–Kier alpha value is -2.09. The lowest BCUT2D eigenvalue weighted by Gasteiger charge is -2.29. The predicted octanol–water partition coefficient (Wildman–Crippen LogP) is 4.05. The number of aliphatic carboxylic acids is 1. The van der Waals surface area contributed by atoms with Gasteiger partial charge in [-0.15, -0.1) is 23.7 Å². The van der Waals surface area contributed by atoms with E-state index >= 15 is 0 Å². The molecule has 0 unspecified atom stereocenters. The number of nitrogens with zero attached hydrogens (tertiary/aromatic N) is 2. The lowest BCUT2D eigenvalue weighted by molar-refractivity contribution is -0.143. The van der Waals surface area contributed by atoms with E-state index in [0.29, 0.717) is 19.7 Å². The summed E-state index contributed by atoms with van der Waals surface area (Å²) in [6.07, 6.45) is 1.66. The van der Waals surface area contributed by atoms with Gasteiger partial charge < -0.3 is 14.7 Å². The molecule has 0 spiro atoms. The maximum Gasteiger partial charge on any atom is 0.307 e. The van der Waals surface area contributed by atoms with E-state index in [9.17, 15) is 9.90 Å². The predicted molar refractivity (Wildman–Crippen MR) is 118 cm³/mol. The highest BCUT2D eigenvalue weighted by molar-refractivity contribution is 7.12. The number of ether oxygens (including phenoxy) is 1. The molecule has 1 atom stereocenters. The van der Waals surface area contributed by atoms with Crippen LogP contribution in [0.4, 0.5) is 0 Å². The molecule has 158 valence electrons. The summed E-state index contributed by atoms with van der Waals surface area (Å²) in [5.41, 5.74) is 2.87. The molecule has 1 aliphatic heterocycles. The number of likely N-dealkylation sites (tertiary alicyclic amines) is 1. The second-order valence-electron chi connectivity index (χ2n) is 6.92. The lowest BCUT2D eigenvalue weighted by atomic mass is 9.98. The zero-order chi connectivity index (χ0) is 19.9. The Morgan fingerprint density at radius 3 is 2.90 bits per heavy atom. The van der Waals surface area contributed by atoms with Crippen molar-refractivity contribution in [3.05, 3.63) is 51.7 Å². The molecule has 8 heteroatoms. The molecule has 0 saturated carbocycles.